The molecule has 0 bridgehead atoms. The van der Waals surface area contributed by atoms with E-state index in [0.29, 0.717) is 5.92 Å². The molecule has 0 aliphatic carbocycles. The molecule has 7 heavy (non-hydrogen) atoms. The Morgan fingerprint density at radius 3 is 2.57 bits per heavy atom. The summed E-state index contributed by atoms with van der Waals surface area (Å²) >= 11 is 0. The van der Waals surface area contributed by atoms with Crippen LogP contribution in [-0.2, 0) is 4.74 Å². The minimum absolute atomic E-state index is 0.0231. The van der Waals surface area contributed by atoms with Crippen LogP contribution in [0.15, 0.2) is 0 Å². The zero-order valence-corrected chi connectivity index (χ0v) is 4.55. The molecule has 2 heteroatoms. The normalized spacial score (nSPS) is 41.9. The van der Waals surface area contributed by atoms with Crippen molar-refractivity contribution in [3.8, 4) is 0 Å². The van der Waals surface area contributed by atoms with Gasteiger partial charge in [-0.1, -0.05) is 6.92 Å². The van der Waals surface area contributed by atoms with Crippen LogP contribution in [0.5, 0.6) is 0 Å². The lowest BCUT2D eigenvalue weighted by Crippen LogP contribution is -2.01. The van der Waals surface area contributed by atoms with Crippen LogP contribution >= 0.6 is 0 Å². The predicted molar refractivity (Wildman–Crippen MR) is 29.3 cm³/mol. The number of hydrogen-bond donors (Lipinski definition) is 0. The lowest BCUT2D eigenvalue weighted by Gasteiger charge is -1.95. The Morgan fingerprint density at radius 1 is 1.71 bits per heavy atom. The maximum atomic E-state index is 5.40. The molecule has 0 amide bonds. The Hall–Kier alpha value is 0.0249. The lowest BCUT2D eigenvalue weighted by atomic mass is 9.94. The first kappa shape index (κ1) is 5.17. The fraction of sp³-hybridized carbons (Fsp3) is 1.00. The molecule has 0 N–H and O–H groups in total. The van der Waals surface area contributed by atoms with Gasteiger partial charge in [0.25, 0.3) is 0 Å². The van der Waals surface area contributed by atoms with Crippen LogP contribution < -0.4 is 0 Å². The van der Waals surface area contributed by atoms with Crippen LogP contribution in [0.4, 0.5) is 0 Å². The van der Waals surface area contributed by atoms with Gasteiger partial charge < -0.3 is 4.74 Å². The predicted octanol–water partition coefficient (Wildman–Crippen LogP) is 0.537. The van der Waals surface area contributed by atoms with E-state index < -0.39 is 0 Å². The molecule has 0 spiro atoms. The lowest BCUT2D eigenvalue weighted by molar-refractivity contribution is 0.161. The molecule has 0 aromatic carbocycles. The van der Waals surface area contributed by atoms with Gasteiger partial charge in [-0.2, -0.15) is 0 Å². The van der Waals surface area contributed by atoms with E-state index in [1.54, 1.807) is 0 Å². The third-order valence-electron chi connectivity index (χ3n) is 1.23. The summed E-state index contributed by atoms with van der Waals surface area (Å²) < 4.78 is 5.04. The third-order valence-corrected chi connectivity index (χ3v) is 1.23. The highest BCUT2D eigenvalue weighted by atomic mass is 16.5. The molecular weight excluding hydrogens is 86.9 g/mol. The smallest absolute Gasteiger partial charge is 0.108 e. The molecule has 1 aliphatic heterocycles. The van der Waals surface area contributed by atoms with Crippen molar-refractivity contribution in [1.29, 1.82) is 0 Å². The minimum atomic E-state index is 0.0231. The van der Waals surface area contributed by atoms with E-state index in [0.717, 1.165) is 13.0 Å². The molecule has 0 aromatic rings. The van der Waals surface area contributed by atoms with Gasteiger partial charge in [-0.05, 0) is 12.3 Å². The SMILES string of the molecule is [B][C@H]1C[C@@H](C)CO1. The second kappa shape index (κ2) is 1.87. The maximum absolute atomic E-state index is 5.40. The standard InChI is InChI=1S/C5H9BO/c1-4-2-5(6)7-3-4/h4-5H,2-3H2,1H3/t4-,5-/m1/s1. The maximum Gasteiger partial charge on any atom is 0.108 e. The van der Waals surface area contributed by atoms with Crippen molar-refractivity contribution in [3.63, 3.8) is 0 Å². The molecule has 1 nitrogen and oxygen atoms in total. The summed E-state index contributed by atoms with van der Waals surface area (Å²) in [6, 6.07) is 0.0231. The van der Waals surface area contributed by atoms with Gasteiger partial charge in [-0.3, -0.25) is 0 Å². The van der Waals surface area contributed by atoms with E-state index in [1.165, 1.54) is 0 Å². The molecule has 1 rings (SSSR count). The van der Waals surface area contributed by atoms with Crippen molar-refractivity contribution in [3.05, 3.63) is 0 Å². The van der Waals surface area contributed by atoms with Crippen molar-refractivity contribution in [2.45, 2.75) is 19.3 Å². The first-order valence-corrected chi connectivity index (χ1v) is 2.66. The van der Waals surface area contributed by atoms with E-state index in [4.69, 9.17) is 12.6 Å². The molecule has 1 fully saturated rings. The summed E-state index contributed by atoms with van der Waals surface area (Å²) in [5, 5.41) is 0. The van der Waals surface area contributed by atoms with Crippen molar-refractivity contribution < 1.29 is 4.74 Å². The third kappa shape index (κ3) is 1.20. The minimum Gasteiger partial charge on any atom is -0.388 e. The van der Waals surface area contributed by atoms with Crippen molar-refractivity contribution >= 4 is 7.85 Å². The first-order valence-electron chi connectivity index (χ1n) is 2.66. The molecule has 0 aromatic heterocycles. The summed E-state index contributed by atoms with van der Waals surface area (Å²) in [5.41, 5.74) is 0. The Morgan fingerprint density at radius 2 is 2.43 bits per heavy atom. The summed E-state index contributed by atoms with van der Waals surface area (Å²) in [4.78, 5) is 0. The van der Waals surface area contributed by atoms with Crippen LogP contribution in [-0.4, -0.2) is 20.5 Å². The number of rotatable bonds is 0. The topological polar surface area (TPSA) is 9.23 Å². The van der Waals surface area contributed by atoms with Crippen LogP contribution in [0.1, 0.15) is 13.3 Å². The molecule has 38 valence electrons. The van der Waals surface area contributed by atoms with E-state index >= 15 is 0 Å². The second-order valence-corrected chi connectivity index (χ2v) is 2.21. The largest absolute Gasteiger partial charge is 0.388 e. The zero-order valence-electron chi connectivity index (χ0n) is 4.55. The number of ether oxygens (including phenoxy) is 1. The van der Waals surface area contributed by atoms with Gasteiger partial charge in [0.1, 0.15) is 7.85 Å². The van der Waals surface area contributed by atoms with Crippen LogP contribution in [0.2, 0.25) is 0 Å². The van der Waals surface area contributed by atoms with Crippen LogP contribution in [0.25, 0.3) is 0 Å². The second-order valence-electron chi connectivity index (χ2n) is 2.21. The summed E-state index contributed by atoms with van der Waals surface area (Å²) in [5.74, 6) is 0.676. The van der Waals surface area contributed by atoms with E-state index in [2.05, 4.69) is 6.92 Å². The Bertz CT molecular complexity index is 57.1. The highest BCUT2D eigenvalue weighted by Gasteiger charge is 2.15. The molecule has 2 radical (unpaired) electrons. The molecular formula is C5H9BO. The van der Waals surface area contributed by atoms with Gasteiger partial charge in [0, 0.05) is 12.6 Å². The van der Waals surface area contributed by atoms with E-state index in [-0.39, 0.29) is 6.00 Å². The Kier molecular flexibility index (Phi) is 1.38. The van der Waals surface area contributed by atoms with Gasteiger partial charge in [0.05, 0.1) is 0 Å². The molecule has 0 saturated carbocycles. The number of hydrogen-bond acceptors (Lipinski definition) is 1. The molecule has 0 unspecified atom stereocenters. The zero-order chi connectivity index (χ0) is 5.28. The highest BCUT2D eigenvalue weighted by Crippen LogP contribution is 2.15. The Balaban J connectivity index is 2.26. The summed E-state index contributed by atoms with van der Waals surface area (Å²) in [7, 11) is 5.40. The molecule has 2 atom stereocenters. The van der Waals surface area contributed by atoms with Gasteiger partial charge in [-0.25, -0.2) is 0 Å². The monoisotopic (exact) mass is 96.1 g/mol. The van der Waals surface area contributed by atoms with E-state index in [9.17, 15) is 0 Å². The molecule has 1 heterocycles. The van der Waals surface area contributed by atoms with Crippen LogP contribution in [0.3, 0.4) is 0 Å². The van der Waals surface area contributed by atoms with Crippen molar-refractivity contribution in [2.75, 3.05) is 6.61 Å². The van der Waals surface area contributed by atoms with Gasteiger partial charge in [0.2, 0.25) is 0 Å². The van der Waals surface area contributed by atoms with Gasteiger partial charge >= 0.3 is 0 Å². The molecule has 1 aliphatic rings. The summed E-state index contributed by atoms with van der Waals surface area (Å²) in [6.07, 6.45) is 1.03. The average Bonchev–Trinajstić information content (AvgIpc) is 1.87. The average molecular weight is 95.9 g/mol. The van der Waals surface area contributed by atoms with Gasteiger partial charge in [-0.15, -0.1) is 0 Å². The van der Waals surface area contributed by atoms with E-state index in [1.807, 2.05) is 0 Å². The summed E-state index contributed by atoms with van der Waals surface area (Å²) in [6.45, 7) is 2.99. The fourth-order valence-corrected chi connectivity index (χ4v) is 0.821. The molecule has 1 saturated heterocycles. The van der Waals surface area contributed by atoms with Gasteiger partial charge in [0.15, 0.2) is 0 Å². The first-order chi connectivity index (χ1) is 3.29. The fourth-order valence-electron chi connectivity index (χ4n) is 0.821. The highest BCUT2D eigenvalue weighted by molar-refractivity contribution is 6.11. The Labute approximate surface area is 45.5 Å². The van der Waals surface area contributed by atoms with Crippen LogP contribution in [0, 0.1) is 5.92 Å². The van der Waals surface area contributed by atoms with Crippen molar-refractivity contribution in [1.82, 2.24) is 0 Å². The van der Waals surface area contributed by atoms with Crippen molar-refractivity contribution in [2.24, 2.45) is 5.92 Å². The quantitative estimate of drug-likeness (QED) is 0.400.